The molecule has 0 aromatic rings. The summed E-state index contributed by atoms with van der Waals surface area (Å²) < 4.78 is 0. The molecule has 0 aromatic heterocycles. The number of hydrazine groups is 1. The first kappa shape index (κ1) is 5.83. The summed E-state index contributed by atoms with van der Waals surface area (Å²) in [5, 5.41) is 8.00. The van der Waals surface area contributed by atoms with Gasteiger partial charge in [-0.25, -0.2) is 5.84 Å². The van der Waals surface area contributed by atoms with E-state index in [4.69, 9.17) is 17.3 Å². The van der Waals surface area contributed by atoms with E-state index in [1.807, 2.05) is 0 Å². The Hall–Kier alpha value is -1.30. The van der Waals surface area contributed by atoms with Crippen molar-refractivity contribution in [2.75, 3.05) is 0 Å². The van der Waals surface area contributed by atoms with Crippen LogP contribution in [0.1, 0.15) is 6.42 Å². The lowest BCUT2D eigenvalue weighted by atomic mass is 10.4. The molecule has 0 amide bonds. The van der Waals surface area contributed by atoms with E-state index in [0.717, 1.165) is 5.23 Å². The molecule has 1 aliphatic rings. The highest BCUT2D eigenvalue weighted by molar-refractivity contribution is 6.01. The Morgan fingerprint density at radius 1 is 1.22 bits per heavy atom. The molecule has 0 unspecified atom stereocenters. The highest BCUT2D eigenvalue weighted by Crippen LogP contribution is 1.92. The predicted octanol–water partition coefficient (Wildman–Crippen LogP) is -1.89. The number of amidine groups is 2. The van der Waals surface area contributed by atoms with Crippen molar-refractivity contribution in [1.82, 2.24) is 5.23 Å². The Kier molecular flexibility index (Phi) is 1.23. The molecule has 1 heterocycles. The Balaban J connectivity index is 2.69. The number of hydrazone groups is 2. The van der Waals surface area contributed by atoms with Gasteiger partial charge in [-0.15, -0.1) is 15.4 Å². The summed E-state index contributed by atoms with van der Waals surface area (Å²) in [4.78, 5) is 0. The van der Waals surface area contributed by atoms with Crippen LogP contribution >= 0.6 is 0 Å². The van der Waals surface area contributed by atoms with E-state index in [9.17, 15) is 0 Å². The first-order valence-electron chi connectivity index (χ1n) is 2.39. The molecule has 6 nitrogen and oxygen atoms in total. The maximum atomic E-state index is 5.28. The van der Waals surface area contributed by atoms with Crippen LogP contribution in [0.15, 0.2) is 10.2 Å². The van der Waals surface area contributed by atoms with Crippen LogP contribution in [-0.4, -0.2) is 16.9 Å². The molecule has 0 saturated carbocycles. The van der Waals surface area contributed by atoms with Gasteiger partial charge in [0.25, 0.3) is 0 Å². The molecule has 0 atom stereocenters. The monoisotopic (exact) mass is 128 g/mol. The van der Waals surface area contributed by atoms with Crippen molar-refractivity contribution in [3.63, 3.8) is 0 Å². The molecule has 9 heavy (non-hydrogen) atoms. The minimum Gasteiger partial charge on any atom is -0.385 e. The van der Waals surface area contributed by atoms with Crippen LogP contribution < -0.4 is 17.3 Å². The largest absolute Gasteiger partial charge is 0.385 e. The summed E-state index contributed by atoms with van der Waals surface area (Å²) in [6.07, 6.45) is 0.397. The first-order chi connectivity index (χ1) is 4.18. The van der Waals surface area contributed by atoms with Crippen molar-refractivity contribution in [2.24, 2.45) is 27.5 Å². The average Bonchev–Trinajstić information content (AvgIpc) is 1.59. The third-order valence-corrected chi connectivity index (χ3v) is 0.824. The van der Waals surface area contributed by atoms with Crippen molar-refractivity contribution in [2.45, 2.75) is 6.42 Å². The molecule has 0 aromatic carbocycles. The quantitative estimate of drug-likeness (QED) is 0.331. The Bertz CT molecular complexity index is 151. The van der Waals surface area contributed by atoms with Crippen molar-refractivity contribution >= 4 is 11.7 Å². The van der Waals surface area contributed by atoms with Crippen molar-refractivity contribution < 1.29 is 0 Å². The number of nitrogens with zero attached hydrogens (tertiary/aromatic N) is 3. The lowest BCUT2D eigenvalue weighted by molar-refractivity contribution is 0.310. The fraction of sp³-hybridized carbons (Fsp3) is 0.333. The zero-order valence-electron chi connectivity index (χ0n) is 4.78. The fourth-order valence-corrected chi connectivity index (χ4v) is 0.542. The molecule has 1 aliphatic heterocycles. The van der Waals surface area contributed by atoms with Crippen LogP contribution in [0.5, 0.6) is 0 Å². The van der Waals surface area contributed by atoms with Gasteiger partial charge in [0.1, 0.15) is 11.7 Å². The van der Waals surface area contributed by atoms with Gasteiger partial charge in [-0.3, -0.25) is 0 Å². The van der Waals surface area contributed by atoms with Gasteiger partial charge in [-0.05, 0) is 0 Å². The van der Waals surface area contributed by atoms with Gasteiger partial charge in [0.05, 0.1) is 6.42 Å². The van der Waals surface area contributed by atoms with Crippen molar-refractivity contribution in [3.8, 4) is 0 Å². The van der Waals surface area contributed by atoms with E-state index >= 15 is 0 Å². The molecule has 0 fully saturated rings. The Labute approximate surface area is 51.9 Å². The fourth-order valence-electron chi connectivity index (χ4n) is 0.542. The highest BCUT2D eigenvalue weighted by Gasteiger charge is 2.05. The minimum absolute atomic E-state index is 0.380. The summed E-state index contributed by atoms with van der Waals surface area (Å²) in [7, 11) is 0. The van der Waals surface area contributed by atoms with E-state index in [1.54, 1.807) is 0 Å². The van der Waals surface area contributed by atoms with Gasteiger partial charge in [0, 0.05) is 0 Å². The third-order valence-electron chi connectivity index (χ3n) is 0.824. The third kappa shape index (κ3) is 1.29. The molecular weight excluding hydrogens is 120 g/mol. The average molecular weight is 128 g/mol. The highest BCUT2D eigenvalue weighted by atomic mass is 15.8. The zero-order valence-corrected chi connectivity index (χ0v) is 4.78. The van der Waals surface area contributed by atoms with Crippen LogP contribution in [0, 0.1) is 0 Å². The molecule has 6 heteroatoms. The van der Waals surface area contributed by atoms with E-state index in [-0.39, 0.29) is 0 Å². The zero-order chi connectivity index (χ0) is 6.85. The summed E-state index contributed by atoms with van der Waals surface area (Å²) in [6, 6.07) is 0. The van der Waals surface area contributed by atoms with E-state index in [0.29, 0.717) is 18.1 Å². The summed E-state index contributed by atoms with van der Waals surface area (Å²) in [5.41, 5.74) is 10.6. The summed E-state index contributed by atoms with van der Waals surface area (Å²) in [6.45, 7) is 0. The summed E-state index contributed by atoms with van der Waals surface area (Å²) in [5.74, 6) is 5.87. The standard InChI is InChI=1S/C3H8N6/c4-2-1-3(5)8-9(6)7-2/h1,6H2,(H2,4,7)(H2,5,8). The topological polar surface area (TPSA) is 106 Å². The SMILES string of the molecule is NC1=NN(N)N=C(N)C1. The molecule has 0 radical (unpaired) electrons. The van der Waals surface area contributed by atoms with E-state index in [1.165, 1.54) is 0 Å². The van der Waals surface area contributed by atoms with Gasteiger partial charge < -0.3 is 11.5 Å². The van der Waals surface area contributed by atoms with Crippen LogP contribution in [0.2, 0.25) is 0 Å². The van der Waals surface area contributed by atoms with Gasteiger partial charge in [-0.1, -0.05) is 0 Å². The van der Waals surface area contributed by atoms with Crippen LogP contribution in [0.25, 0.3) is 0 Å². The van der Waals surface area contributed by atoms with Gasteiger partial charge in [-0.2, -0.15) is 0 Å². The molecule has 50 valence electrons. The molecule has 0 bridgehead atoms. The van der Waals surface area contributed by atoms with Crippen molar-refractivity contribution in [1.29, 1.82) is 0 Å². The molecule has 0 saturated heterocycles. The molecular formula is C3H8N6. The lowest BCUT2D eigenvalue weighted by Gasteiger charge is -2.12. The molecule has 0 spiro atoms. The van der Waals surface area contributed by atoms with Crippen molar-refractivity contribution in [3.05, 3.63) is 0 Å². The number of hydrogen-bond acceptors (Lipinski definition) is 6. The van der Waals surface area contributed by atoms with E-state index < -0.39 is 0 Å². The van der Waals surface area contributed by atoms with Gasteiger partial charge >= 0.3 is 0 Å². The van der Waals surface area contributed by atoms with Gasteiger partial charge in [0.2, 0.25) is 0 Å². The number of nitrogens with two attached hydrogens (primary N) is 3. The van der Waals surface area contributed by atoms with E-state index in [2.05, 4.69) is 10.2 Å². The second-order valence-electron chi connectivity index (χ2n) is 1.68. The minimum atomic E-state index is 0.380. The summed E-state index contributed by atoms with van der Waals surface area (Å²) >= 11 is 0. The second-order valence-corrected chi connectivity index (χ2v) is 1.68. The number of rotatable bonds is 0. The normalized spacial score (nSPS) is 19.0. The maximum Gasteiger partial charge on any atom is 0.131 e. The molecule has 0 aliphatic carbocycles. The second kappa shape index (κ2) is 1.90. The molecule has 6 N–H and O–H groups in total. The van der Waals surface area contributed by atoms with Gasteiger partial charge in [0.15, 0.2) is 0 Å². The maximum absolute atomic E-state index is 5.28. The number of hydrogen-bond donors (Lipinski definition) is 3. The Morgan fingerprint density at radius 3 is 2.00 bits per heavy atom. The Morgan fingerprint density at radius 2 is 1.67 bits per heavy atom. The van der Waals surface area contributed by atoms with Crippen LogP contribution in [0.4, 0.5) is 0 Å². The first-order valence-corrected chi connectivity index (χ1v) is 2.39. The van der Waals surface area contributed by atoms with Crippen LogP contribution in [-0.2, 0) is 0 Å². The predicted molar refractivity (Wildman–Crippen MR) is 33.9 cm³/mol. The smallest absolute Gasteiger partial charge is 0.131 e. The van der Waals surface area contributed by atoms with Crippen LogP contribution in [0.3, 0.4) is 0 Å². The lowest BCUT2D eigenvalue weighted by Crippen LogP contribution is -2.35. The molecule has 1 rings (SSSR count).